The average Bonchev–Trinajstić information content (AvgIpc) is 2.09. The van der Waals surface area contributed by atoms with Crippen LogP contribution < -0.4 is 0 Å². The van der Waals surface area contributed by atoms with E-state index in [1.165, 1.54) is 6.92 Å². The summed E-state index contributed by atoms with van der Waals surface area (Å²) >= 11 is 0. The van der Waals surface area contributed by atoms with Crippen LogP contribution in [-0.2, 0) is 14.0 Å². The molecule has 102 valence electrons. The first kappa shape index (κ1) is 16.6. The number of esters is 1. The molecular formula is C13H28O3Si. The van der Waals surface area contributed by atoms with Crippen molar-refractivity contribution in [3.05, 3.63) is 0 Å². The monoisotopic (exact) mass is 260 g/mol. The Morgan fingerprint density at radius 1 is 1.29 bits per heavy atom. The topological polar surface area (TPSA) is 35.5 Å². The summed E-state index contributed by atoms with van der Waals surface area (Å²) < 4.78 is 11.3. The summed E-state index contributed by atoms with van der Waals surface area (Å²) in [5.41, 5.74) is 0. The van der Waals surface area contributed by atoms with E-state index in [0.29, 0.717) is 0 Å². The highest BCUT2D eigenvalue weighted by molar-refractivity contribution is 6.69. The lowest BCUT2D eigenvalue weighted by atomic mass is 10.1. The lowest BCUT2D eigenvalue weighted by Crippen LogP contribution is -2.33. The molecule has 0 spiro atoms. The second-order valence-electron chi connectivity index (χ2n) is 5.65. The van der Waals surface area contributed by atoms with Crippen LogP contribution in [0.4, 0.5) is 0 Å². The quantitative estimate of drug-likeness (QED) is 0.492. The van der Waals surface area contributed by atoms with Crippen LogP contribution in [0, 0.1) is 0 Å². The second kappa shape index (κ2) is 7.87. The Morgan fingerprint density at radius 3 is 2.29 bits per heavy atom. The van der Waals surface area contributed by atoms with Gasteiger partial charge in [0.15, 0.2) is 8.32 Å². The second-order valence-corrected chi connectivity index (χ2v) is 10.1. The van der Waals surface area contributed by atoms with Crippen LogP contribution in [0.5, 0.6) is 0 Å². The summed E-state index contributed by atoms with van der Waals surface area (Å²) in [6, 6.07) is 0. The molecule has 0 aliphatic carbocycles. The van der Waals surface area contributed by atoms with Crippen LogP contribution in [0.1, 0.15) is 46.5 Å². The maximum Gasteiger partial charge on any atom is 0.302 e. The van der Waals surface area contributed by atoms with Crippen molar-refractivity contribution in [1.29, 1.82) is 0 Å². The van der Waals surface area contributed by atoms with Crippen molar-refractivity contribution in [1.82, 2.24) is 0 Å². The lowest BCUT2D eigenvalue weighted by molar-refractivity contribution is -0.147. The van der Waals surface area contributed by atoms with E-state index < -0.39 is 8.32 Å². The van der Waals surface area contributed by atoms with Crippen molar-refractivity contribution in [2.24, 2.45) is 0 Å². The third-order valence-electron chi connectivity index (χ3n) is 2.36. The van der Waals surface area contributed by atoms with E-state index in [1.807, 2.05) is 0 Å². The van der Waals surface area contributed by atoms with Crippen molar-refractivity contribution < 1.29 is 14.0 Å². The molecule has 0 fully saturated rings. The molecule has 0 bridgehead atoms. The number of unbranched alkanes of at least 4 members (excludes halogenated alkanes) is 1. The molecule has 0 aliphatic rings. The predicted molar refractivity (Wildman–Crippen MR) is 73.6 cm³/mol. The Hall–Kier alpha value is -0.353. The molecule has 0 N–H and O–H groups in total. The summed E-state index contributed by atoms with van der Waals surface area (Å²) in [4.78, 5) is 11.0. The van der Waals surface area contributed by atoms with Gasteiger partial charge in [0.05, 0.1) is 0 Å². The number of carbonyl (C=O) groups excluding carboxylic acids is 1. The van der Waals surface area contributed by atoms with Crippen molar-refractivity contribution in [2.75, 3.05) is 0 Å². The van der Waals surface area contributed by atoms with Gasteiger partial charge in [-0.25, -0.2) is 0 Å². The fourth-order valence-electron chi connectivity index (χ4n) is 1.91. The normalized spacial score (nSPS) is 15.4. The summed E-state index contributed by atoms with van der Waals surface area (Å²) in [5.74, 6) is -0.189. The molecule has 0 aromatic carbocycles. The molecule has 17 heavy (non-hydrogen) atoms. The largest absolute Gasteiger partial charge is 0.462 e. The Labute approximate surface area is 107 Å². The fraction of sp³-hybridized carbons (Fsp3) is 0.923. The summed E-state index contributed by atoms with van der Waals surface area (Å²) in [5, 5.41) is 0. The van der Waals surface area contributed by atoms with E-state index in [1.54, 1.807) is 0 Å². The van der Waals surface area contributed by atoms with E-state index in [0.717, 1.165) is 25.7 Å². The van der Waals surface area contributed by atoms with Crippen LogP contribution in [0.25, 0.3) is 0 Å². The number of hydrogen-bond acceptors (Lipinski definition) is 3. The third kappa shape index (κ3) is 10.5. The zero-order chi connectivity index (χ0) is 13.5. The van der Waals surface area contributed by atoms with Gasteiger partial charge < -0.3 is 9.16 Å². The molecule has 0 radical (unpaired) electrons. The summed E-state index contributed by atoms with van der Waals surface area (Å²) in [7, 11) is -1.50. The lowest BCUT2D eigenvalue weighted by Gasteiger charge is -2.26. The number of carbonyl (C=O) groups is 1. The maximum atomic E-state index is 11.0. The van der Waals surface area contributed by atoms with Crippen molar-refractivity contribution >= 4 is 14.3 Å². The average molecular weight is 260 g/mol. The molecule has 0 aromatic rings. The minimum absolute atomic E-state index is 0.0128. The fourth-order valence-corrected chi connectivity index (χ4v) is 3.22. The van der Waals surface area contributed by atoms with E-state index in [9.17, 15) is 4.79 Å². The molecule has 0 rings (SSSR count). The van der Waals surface area contributed by atoms with Gasteiger partial charge in [0, 0.05) is 19.4 Å². The summed E-state index contributed by atoms with van der Waals surface area (Å²) in [6.45, 7) is 12.2. The standard InChI is InChI=1S/C13H28O3Si/c1-7-8-9-13(15-12(3)14)10-11(2)16-17(4,5)6/h11,13H,7-10H2,1-6H3. The van der Waals surface area contributed by atoms with Crippen LogP contribution in [-0.4, -0.2) is 26.5 Å². The molecule has 0 amide bonds. The summed E-state index contributed by atoms with van der Waals surface area (Å²) in [6.07, 6.45) is 4.15. The van der Waals surface area contributed by atoms with Crippen LogP contribution >= 0.6 is 0 Å². The molecule has 0 heterocycles. The zero-order valence-corrected chi connectivity index (χ0v) is 13.2. The molecule has 4 heteroatoms. The first-order chi connectivity index (χ1) is 7.74. The smallest absolute Gasteiger partial charge is 0.302 e. The Balaban J connectivity index is 4.16. The highest BCUT2D eigenvalue weighted by atomic mass is 28.4. The molecule has 0 aromatic heterocycles. The minimum Gasteiger partial charge on any atom is -0.462 e. The molecule has 0 aliphatic heterocycles. The first-order valence-corrected chi connectivity index (χ1v) is 10.0. The predicted octanol–water partition coefficient (Wildman–Crippen LogP) is 3.74. The van der Waals surface area contributed by atoms with Gasteiger partial charge in [0.25, 0.3) is 0 Å². The molecule has 2 unspecified atom stereocenters. The Morgan fingerprint density at radius 2 is 1.88 bits per heavy atom. The van der Waals surface area contributed by atoms with Gasteiger partial charge in [-0.05, 0) is 33.0 Å². The molecule has 3 nitrogen and oxygen atoms in total. The molecule has 0 saturated heterocycles. The minimum atomic E-state index is -1.50. The van der Waals surface area contributed by atoms with Crippen LogP contribution in [0.15, 0.2) is 0 Å². The van der Waals surface area contributed by atoms with Gasteiger partial charge >= 0.3 is 5.97 Å². The highest BCUT2D eigenvalue weighted by Gasteiger charge is 2.22. The van der Waals surface area contributed by atoms with Crippen LogP contribution in [0.3, 0.4) is 0 Å². The van der Waals surface area contributed by atoms with E-state index in [4.69, 9.17) is 9.16 Å². The van der Waals surface area contributed by atoms with Gasteiger partial charge in [-0.15, -0.1) is 0 Å². The van der Waals surface area contributed by atoms with Gasteiger partial charge in [-0.2, -0.15) is 0 Å². The van der Waals surface area contributed by atoms with Crippen molar-refractivity contribution in [3.63, 3.8) is 0 Å². The van der Waals surface area contributed by atoms with Crippen LogP contribution in [0.2, 0.25) is 19.6 Å². The van der Waals surface area contributed by atoms with Gasteiger partial charge in [-0.3, -0.25) is 4.79 Å². The van der Waals surface area contributed by atoms with E-state index >= 15 is 0 Å². The van der Waals surface area contributed by atoms with Gasteiger partial charge in [0.1, 0.15) is 6.10 Å². The zero-order valence-electron chi connectivity index (χ0n) is 12.2. The number of rotatable bonds is 8. The molecule has 2 atom stereocenters. The van der Waals surface area contributed by atoms with Gasteiger partial charge in [0.2, 0.25) is 0 Å². The third-order valence-corrected chi connectivity index (χ3v) is 3.47. The SMILES string of the molecule is CCCCC(CC(C)O[Si](C)(C)C)OC(C)=O. The van der Waals surface area contributed by atoms with Crippen molar-refractivity contribution in [2.45, 2.75) is 78.3 Å². The number of hydrogen-bond donors (Lipinski definition) is 0. The maximum absolute atomic E-state index is 11.0. The van der Waals surface area contributed by atoms with E-state index in [2.05, 4.69) is 33.5 Å². The number of ether oxygens (including phenoxy) is 1. The highest BCUT2D eigenvalue weighted by Crippen LogP contribution is 2.16. The van der Waals surface area contributed by atoms with Gasteiger partial charge in [-0.1, -0.05) is 19.8 Å². The van der Waals surface area contributed by atoms with Crippen molar-refractivity contribution in [3.8, 4) is 0 Å². The molecule has 0 saturated carbocycles. The Bertz CT molecular complexity index is 223. The Kier molecular flexibility index (Phi) is 7.71. The van der Waals surface area contributed by atoms with E-state index in [-0.39, 0.29) is 18.2 Å². The first-order valence-electron chi connectivity index (χ1n) is 6.59. The molecular weight excluding hydrogens is 232 g/mol.